The molecule has 0 bridgehead atoms. The molecule has 2 amide bonds. The third-order valence-corrected chi connectivity index (χ3v) is 4.20. The zero-order valence-corrected chi connectivity index (χ0v) is 12.4. The first-order valence-corrected chi connectivity index (χ1v) is 7.40. The van der Waals surface area contributed by atoms with Gasteiger partial charge in [0.1, 0.15) is 11.0 Å². The summed E-state index contributed by atoms with van der Waals surface area (Å²) in [4.78, 5) is 36.6. The minimum absolute atomic E-state index is 0.0792. The number of nitrogens with one attached hydrogen (secondary N) is 1. The summed E-state index contributed by atoms with van der Waals surface area (Å²) < 4.78 is 4.73. The second kappa shape index (κ2) is 6.68. The van der Waals surface area contributed by atoms with Gasteiger partial charge in [-0.25, -0.2) is 0 Å². The average molecular weight is 311 g/mol. The van der Waals surface area contributed by atoms with Crippen LogP contribution in [0, 0.1) is 0 Å². The number of likely N-dealkylation sites (tertiary alicyclic amines) is 1. The minimum atomic E-state index is -0.583. The third kappa shape index (κ3) is 3.59. The monoisotopic (exact) mass is 311 g/mol. The van der Waals surface area contributed by atoms with E-state index in [0.717, 1.165) is 6.42 Å². The molecule has 3 N–H and O–H groups in total. The summed E-state index contributed by atoms with van der Waals surface area (Å²) in [5.74, 6) is -1.19. The van der Waals surface area contributed by atoms with Crippen molar-refractivity contribution in [2.45, 2.75) is 18.9 Å². The van der Waals surface area contributed by atoms with Crippen LogP contribution in [0.4, 0.5) is 5.00 Å². The Morgan fingerprint density at radius 3 is 2.95 bits per heavy atom. The van der Waals surface area contributed by atoms with Crippen molar-refractivity contribution in [1.82, 2.24) is 4.90 Å². The lowest BCUT2D eigenvalue weighted by atomic mass is 10.2. The number of thiophene rings is 1. The number of rotatable bonds is 5. The van der Waals surface area contributed by atoms with Gasteiger partial charge in [0, 0.05) is 0 Å². The van der Waals surface area contributed by atoms with E-state index in [9.17, 15) is 14.4 Å². The zero-order chi connectivity index (χ0) is 15.4. The highest BCUT2D eigenvalue weighted by Crippen LogP contribution is 2.23. The molecule has 8 heteroatoms. The molecule has 0 aliphatic carbocycles. The predicted molar refractivity (Wildman–Crippen MR) is 78.1 cm³/mol. The van der Waals surface area contributed by atoms with Crippen LogP contribution < -0.4 is 11.1 Å². The molecule has 0 saturated carbocycles. The van der Waals surface area contributed by atoms with E-state index in [1.807, 2.05) is 0 Å². The zero-order valence-electron chi connectivity index (χ0n) is 11.6. The second-order valence-electron chi connectivity index (χ2n) is 4.73. The van der Waals surface area contributed by atoms with Crippen LogP contribution in [0.15, 0.2) is 11.4 Å². The van der Waals surface area contributed by atoms with Gasteiger partial charge in [-0.2, -0.15) is 0 Å². The first-order valence-electron chi connectivity index (χ1n) is 6.52. The summed E-state index contributed by atoms with van der Waals surface area (Å²) >= 11 is 1.23. The SMILES string of the molecule is COC(=O)C1CCCN1CC(=O)Nc1sccc1C(N)=O. The van der Waals surface area contributed by atoms with Gasteiger partial charge in [-0.3, -0.25) is 19.3 Å². The lowest BCUT2D eigenvalue weighted by Gasteiger charge is -2.21. The Morgan fingerprint density at radius 2 is 2.29 bits per heavy atom. The third-order valence-electron chi connectivity index (χ3n) is 3.37. The molecule has 0 aromatic carbocycles. The molecule has 1 aliphatic rings. The Bertz CT molecular complexity index is 557. The maximum Gasteiger partial charge on any atom is 0.323 e. The Labute approximate surface area is 126 Å². The fourth-order valence-corrected chi connectivity index (χ4v) is 3.18. The number of carbonyl (C=O) groups is 3. The number of carbonyl (C=O) groups excluding carboxylic acids is 3. The lowest BCUT2D eigenvalue weighted by molar-refractivity contribution is -0.146. The molecule has 1 unspecified atom stereocenters. The molecular formula is C13H17N3O4S. The molecule has 1 aromatic heterocycles. The summed E-state index contributed by atoms with van der Waals surface area (Å²) in [7, 11) is 1.34. The number of hydrogen-bond donors (Lipinski definition) is 2. The summed E-state index contributed by atoms with van der Waals surface area (Å²) in [5.41, 5.74) is 5.51. The van der Waals surface area contributed by atoms with Crippen LogP contribution >= 0.6 is 11.3 Å². The fraction of sp³-hybridized carbons (Fsp3) is 0.462. The van der Waals surface area contributed by atoms with Gasteiger partial charge in [0.2, 0.25) is 5.91 Å². The van der Waals surface area contributed by atoms with E-state index < -0.39 is 5.91 Å². The van der Waals surface area contributed by atoms with Gasteiger partial charge in [0.25, 0.3) is 5.91 Å². The lowest BCUT2D eigenvalue weighted by Crippen LogP contribution is -2.41. The van der Waals surface area contributed by atoms with Crippen molar-refractivity contribution in [3.8, 4) is 0 Å². The van der Waals surface area contributed by atoms with Crippen molar-refractivity contribution in [3.05, 3.63) is 17.0 Å². The largest absolute Gasteiger partial charge is 0.468 e. The van der Waals surface area contributed by atoms with Gasteiger partial charge in [0.05, 0.1) is 19.2 Å². The highest BCUT2D eigenvalue weighted by Gasteiger charge is 2.32. The molecule has 114 valence electrons. The quantitative estimate of drug-likeness (QED) is 0.768. The van der Waals surface area contributed by atoms with Crippen LogP contribution in [0.2, 0.25) is 0 Å². The average Bonchev–Trinajstić information content (AvgIpc) is 3.06. The van der Waals surface area contributed by atoms with Crippen molar-refractivity contribution >= 4 is 34.1 Å². The molecule has 2 heterocycles. The number of amides is 2. The molecule has 21 heavy (non-hydrogen) atoms. The number of esters is 1. The van der Waals surface area contributed by atoms with E-state index in [1.165, 1.54) is 18.4 Å². The van der Waals surface area contributed by atoms with E-state index in [1.54, 1.807) is 16.3 Å². The van der Waals surface area contributed by atoms with Gasteiger partial charge < -0.3 is 15.8 Å². The van der Waals surface area contributed by atoms with Gasteiger partial charge in [-0.15, -0.1) is 11.3 Å². The number of nitrogens with two attached hydrogens (primary N) is 1. The topological polar surface area (TPSA) is 102 Å². The van der Waals surface area contributed by atoms with Crippen molar-refractivity contribution in [3.63, 3.8) is 0 Å². The van der Waals surface area contributed by atoms with Crippen molar-refractivity contribution in [2.75, 3.05) is 25.5 Å². The van der Waals surface area contributed by atoms with E-state index >= 15 is 0 Å². The van der Waals surface area contributed by atoms with Gasteiger partial charge in [-0.1, -0.05) is 0 Å². The van der Waals surface area contributed by atoms with Crippen molar-refractivity contribution in [2.24, 2.45) is 5.73 Å². The van der Waals surface area contributed by atoms with E-state index in [-0.39, 0.29) is 24.5 Å². The molecule has 2 rings (SSSR count). The Balaban J connectivity index is 1.97. The van der Waals surface area contributed by atoms with Crippen LogP contribution in [-0.2, 0) is 14.3 Å². The van der Waals surface area contributed by atoms with Crippen LogP contribution in [-0.4, -0.2) is 48.9 Å². The standard InChI is InChI=1S/C13H17N3O4S/c1-20-13(19)9-3-2-5-16(9)7-10(17)15-12-8(11(14)18)4-6-21-12/h4,6,9H,2-3,5,7H2,1H3,(H2,14,18)(H,15,17). The summed E-state index contributed by atoms with van der Waals surface area (Å²) in [6.07, 6.45) is 1.53. The van der Waals surface area contributed by atoms with Crippen LogP contribution in [0.1, 0.15) is 23.2 Å². The van der Waals surface area contributed by atoms with E-state index in [2.05, 4.69) is 5.32 Å². The normalized spacial score (nSPS) is 18.4. The Morgan fingerprint density at radius 1 is 1.52 bits per heavy atom. The highest BCUT2D eigenvalue weighted by molar-refractivity contribution is 7.14. The smallest absolute Gasteiger partial charge is 0.323 e. The molecular weight excluding hydrogens is 294 g/mol. The highest BCUT2D eigenvalue weighted by atomic mass is 32.1. The van der Waals surface area contributed by atoms with E-state index in [4.69, 9.17) is 10.5 Å². The first-order chi connectivity index (χ1) is 10.0. The Kier molecular flexibility index (Phi) is 4.92. The van der Waals surface area contributed by atoms with Crippen molar-refractivity contribution < 1.29 is 19.1 Å². The molecule has 1 atom stereocenters. The number of nitrogens with zero attached hydrogens (tertiary/aromatic N) is 1. The van der Waals surface area contributed by atoms with Gasteiger partial charge in [0.15, 0.2) is 0 Å². The van der Waals surface area contributed by atoms with E-state index in [0.29, 0.717) is 23.5 Å². The number of primary amides is 1. The van der Waals surface area contributed by atoms with Gasteiger partial charge >= 0.3 is 5.97 Å². The second-order valence-corrected chi connectivity index (χ2v) is 5.64. The molecule has 1 aliphatic heterocycles. The van der Waals surface area contributed by atoms with Crippen molar-refractivity contribution in [1.29, 1.82) is 0 Å². The summed E-state index contributed by atoms with van der Waals surface area (Å²) in [6, 6.07) is 1.19. The van der Waals surface area contributed by atoms with Gasteiger partial charge in [-0.05, 0) is 30.8 Å². The summed E-state index contributed by atoms with van der Waals surface area (Å²) in [6.45, 7) is 0.746. The summed E-state index contributed by atoms with van der Waals surface area (Å²) in [5, 5.41) is 4.78. The maximum atomic E-state index is 12.0. The molecule has 0 radical (unpaired) electrons. The number of hydrogen-bond acceptors (Lipinski definition) is 6. The number of methoxy groups -OCH3 is 1. The number of ether oxygens (including phenoxy) is 1. The molecule has 7 nitrogen and oxygen atoms in total. The Hall–Kier alpha value is -1.93. The molecule has 0 spiro atoms. The maximum absolute atomic E-state index is 12.0. The van der Waals surface area contributed by atoms with Crippen LogP contribution in [0.5, 0.6) is 0 Å². The van der Waals surface area contributed by atoms with Crippen LogP contribution in [0.3, 0.4) is 0 Å². The first kappa shape index (κ1) is 15.5. The van der Waals surface area contributed by atoms with Crippen LogP contribution in [0.25, 0.3) is 0 Å². The molecule has 1 aromatic rings. The number of anilines is 1. The fourth-order valence-electron chi connectivity index (χ4n) is 2.37. The minimum Gasteiger partial charge on any atom is -0.468 e. The molecule has 1 fully saturated rings. The molecule has 1 saturated heterocycles. The predicted octanol–water partition coefficient (Wildman–Crippen LogP) is 0.423.